The molecular formula is C21H21N3O5. The van der Waals surface area contributed by atoms with Crippen molar-refractivity contribution in [3.05, 3.63) is 82.4 Å². The minimum atomic E-state index is -0.383. The number of hydrogen-bond acceptors (Lipinski definition) is 6. The first-order valence-corrected chi connectivity index (χ1v) is 8.90. The largest absolute Gasteiger partial charge is 0.483 e. The van der Waals surface area contributed by atoms with Crippen LogP contribution in [0.3, 0.4) is 0 Å². The molecule has 2 aromatic heterocycles. The third-order valence-corrected chi connectivity index (χ3v) is 4.12. The number of benzene rings is 1. The average Bonchev–Trinajstić information content (AvgIpc) is 2.75. The van der Waals surface area contributed by atoms with Gasteiger partial charge in [0, 0.05) is 17.8 Å². The van der Waals surface area contributed by atoms with Crippen molar-refractivity contribution in [2.75, 3.05) is 12.4 Å². The number of nitrogens with one attached hydrogen (secondary N) is 1. The monoisotopic (exact) mass is 395 g/mol. The minimum Gasteiger partial charge on any atom is -0.483 e. The van der Waals surface area contributed by atoms with Gasteiger partial charge in [0.1, 0.15) is 13.2 Å². The Labute approximate surface area is 167 Å². The number of hydrogen-bond donors (Lipinski definition) is 2. The van der Waals surface area contributed by atoms with Crippen molar-refractivity contribution in [2.24, 2.45) is 0 Å². The van der Waals surface area contributed by atoms with Crippen LogP contribution in [-0.2, 0) is 24.6 Å². The van der Waals surface area contributed by atoms with Crippen LogP contribution in [0, 0.1) is 0 Å². The summed E-state index contributed by atoms with van der Waals surface area (Å²) in [4.78, 5) is 28.7. The molecule has 150 valence electrons. The van der Waals surface area contributed by atoms with Gasteiger partial charge in [-0.1, -0.05) is 30.3 Å². The maximum atomic E-state index is 12.4. The van der Waals surface area contributed by atoms with E-state index >= 15 is 0 Å². The first-order chi connectivity index (χ1) is 14.1. The summed E-state index contributed by atoms with van der Waals surface area (Å²) in [5.41, 5.74) is 1.36. The molecule has 2 N–H and O–H groups in total. The van der Waals surface area contributed by atoms with Gasteiger partial charge in [-0.25, -0.2) is 4.98 Å². The van der Waals surface area contributed by atoms with E-state index in [4.69, 9.17) is 9.47 Å². The number of aliphatic hydroxyl groups excluding tert-OH is 1. The van der Waals surface area contributed by atoms with Crippen molar-refractivity contribution in [1.82, 2.24) is 9.55 Å². The van der Waals surface area contributed by atoms with Gasteiger partial charge in [0.15, 0.2) is 5.75 Å². The zero-order valence-corrected chi connectivity index (χ0v) is 15.9. The molecule has 1 amide bonds. The summed E-state index contributed by atoms with van der Waals surface area (Å²) in [6.07, 6.45) is 2.91. The van der Waals surface area contributed by atoms with Crippen LogP contribution < -0.4 is 20.2 Å². The average molecular weight is 395 g/mol. The number of pyridine rings is 2. The van der Waals surface area contributed by atoms with Crippen molar-refractivity contribution < 1.29 is 19.4 Å². The Bertz CT molecular complexity index is 1020. The molecule has 0 atom stereocenters. The predicted octanol–water partition coefficient (Wildman–Crippen LogP) is 1.96. The lowest BCUT2D eigenvalue weighted by molar-refractivity contribution is -0.116. The molecule has 0 saturated heterocycles. The van der Waals surface area contributed by atoms with Gasteiger partial charge >= 0.3 is 0 Å². The van der Waals surface area contributed by atoms with Gasteiger partial charge in [-0.3, -0.25) is 9.59 Å². The van der Waals surface area contributed by atoms with Crippen molar-refractivity contribution >= 4 is 11.6 Å². The quantitative estimate of drug-likeness (QED) is 0.605. The fourth-order valence-electron chi connectivity index (χ4n) is 2.65. The lowest BCUT2D eigenvalue weighted by Crippen LogP contribution is -2.23. The summed E-state index contributed by atoms with van der Waals surface area (Å²) in [7, 11) is 1.50. The molecule has 1 aromatic carbocycles. The van der Waals surface area contributed by atoms with E-state index in [9.17, 15) is 14.7 Å². The van der Waals surface area contributed by atoms with Crippen molar-refractivity contribution in [3.63, 3.8) is 0 Å². The molecule has 8 heteroatoms. The Kier molecular flexibility index (Phi) is 6.59. The van der Waals surface area contributed by atoms with Crippen molar-refractivity contribution in [1.29, 1.82) is 0 Å². The number of nitrogens with zero attached hydrogens (tertiary/aromatic N) is 2. The normalized spacial score (nSPS) is 10.4. The number of aromatic nitrogens is 2. The van der Waals surface area contributed by atoms with E-state index in [1.807, 2.05) is 30.3 Å². The van der Waals surface area contributed by atoms with E-state index in [0.717, 1.165) is 5.56 Å². The summed E-state index contributed by atoms with van der Waals surface area (Å²) in [5, 5.41) is 12.3. The van der Waals surface area contributed by atoms with E-state index in [-0.39, 0.29) is 36.8 Å². The first-order valence-electron chi connectivity index (χ1n) is 8.90. The Balaban J connectivity index is 1.72. The summed E-state index contributed by atoms with van der Waals surface area (Å²) in [6, 6.07) is 14.0. The predicted molar refractivity (Wildman–Crippen MR) is 107 cm³/mol. The fraction of sp³-hybridized carbons (Fsp3) is 0.190. The summed E-state index contributed by atoms with van der Waals surface area (Å²) in [5.74, 6) is 0.195. The molecule has 8 nitrogen and oxygen atoms in total. The third kappa shape index (κ3) is 5.43. The highest BCUT2D eigenvalue weighted by Crippen LogP contribution is 2.13. The van der Waals surface area contributed by atoms with Gasteiger partial charge < -0.3 is 24.5 Å². The van der Waals surface area contributed by atoms with Crippen LogP contribution in [0.4, 0.5) is 5.69 Å². The molecule has 0 saturated carbocycles. The molecule has 0 spiro atoms. The molecule has 0 radical (unpaired) electrons. The summed E-state index contributed by atoms with van der Waals surface area (Å²) >= 11 is 0. The third-order valence-electron chi connectivity index (χ3n) is 4.12. The zero-order valence-electron chi connectivity index (χ0n) is 15.9. The molecule has 3 rings (SSSR count). The number of rotatable bonds is 8. The Morgan fingerprint density at radius 1 is 1.21 bits per heavy atom. The molecular weight excluding hydrogens is 374 g/mol. The fourth-order valence-corrected chi connectivity index (χ4v) is 2.65. The molecule has 29 heavy (non-hydrogen) atoms. The second kappa shape index (κ2) is 9.52. The number of carbonyl (C=O) groups is 1. The van der Waals surface area contributed by atoms with Crippen molar-refractivity contribution in [2.45, 2.75) is 19.8 Å². The molecule has 3 aromatic rings. The van der Waals surface area contributed by atoms with Crippen LogP contribution in [0.2, 0.25) is 0 Å². The Hall–Kier alpha value is -3.65. The van der Waals surface area contributed by atoms with Crippen LogP contribution in [0.1, 0.15) is 11.3 Å². The molecule has 0 aliphatic carbocycles. The van der Waals surface area contributed by atoms with Gasteiger partial charge in [0.25, 0.3) is 0 Å². The van der Waals surface area contributed by atoms with Crippen molar-refractivity contribution in [3.8, 4) is 11.6 Å². The van der Waals surface area contributed by atoms with Crippen LogP contribution in [0.15, 0.2) is 65.7 Å². The molecule has 0 aliphatic rings. The summed E-state index contributed by atoms with van der Waals surface area (Å²) in [6.45, 7) is -0.270. The number of ether oxygens (including phenoxy) is 2. The minimum absolute atomic E-state index is 0.102. The van der Waals surface area contributed by atoms with Gasteiger partial charge in [-0.2, -0.15) is 0 Å². The molecule has 0 aliphatic heterocycles. The van der Waals surface area contributed by atoms with Crippen LogP contribution >= 0.6 is 0 Å². The van der Waals surface area contributed by atoms with Gasteiger partial charge in [0.2, 0.25) is 17.2 Å². The van der Waals surface area contributed by atoms with E-state index in [2.05, 4.69) is 10.3 Å². The lowest BCUT2D eigenvalue weighted by Gasteiger charge is -2.14. The number of aliphatic hydroxyl groups is 1. The van der Waals surface area contributed by atoms with E-state index < -0.39 is 0 Å². The van der Waals surface area contributed by atoms with E-state index in [0.29, 0.717) is 17.3 Å². The zero-order chi connectivity index (χ0) is 20.6. The molecule has 0 unspecified atom stereocenters. The highest BCUT2D eigenvalue weighted by atomic mass is 16.5. The van der Waals surface area contributed by atoms with Gasteiger partial charge in [-0.05, 0) is 11.6 Å². The summed E-state index contributed by atoms with van der Waals surface area (Å²) < 4.78 is 12.1. The Morgan fingerprint density at radius 3 is 2.66 bits per heavy atom. The van der Waals surface area contributed by atoms with Crippen LogP contribution in [0.5, 0.6) is 11.6 Å². The molecule has 2 heterocycles. The maximum Gasteiger partial charge on any atom is 0.244 e. The highest BCUT2D eigenvalue weighted by Gasteiger charge is 2.11. The number of carbonyl (C=O) groups excluding carboxylic acids is 1. The molecule has 0 fully saturated rings. The number of amides is 1. The van der Waals surface area contributed by atoms with Crippen LogP contribution in [0.25, 0.3) is 0 Å². The smallest absolute Gasteiger partial charge is 0.244 e. The topological polar surface area (TPSA) is 103 Å². The second-order valence-electron chi connectivity index (χ2n) is 6.19. The highest BCUT2D eigenvalue weighted by molar-refractivity contribution is 5.90. The SMILES string of the molecule is COc1ccc(NC(=O)Cn2cc(OCc3ccccc3)c(=O)cc2CO)cn1. The first kappa shape index (κ1) is 20.1. The lowest BCUT2D eigenvalue weighted by atomic mass is 10.2. The number of anilines is 1. The maximum absolute atomic E-state index is 12.4. The van der Waals surface area contributed by atoms with E-state index in [1.165, 1.54) is 30.1 Å². The Morgan fingerprint density at radius 2 is 2.00 bits per heavy atom. The van der Waals surface area contributed by atoms with Gasteiger partial charge in [0.05, 0.1) is 31.8 Å². The second-order valence-corrected chi connectivity index (χ2v) is 6.19. The standard InChI is InChI=1S/C21H21N3O5/c1-28-21-8-7-16(10-22-21)23-20(27)12-24-11-19(18(26)9-17(24)13-25)29-14-15-5-3-2-4-6-15/h2-11,25H,12-14H2,1H3,(H,23,27). The van der Waals surface area contributed by atoms with Crippen LogP contribution in [-0.4, -0.2) is 27.7 Å². The van der Waals surface area contributed by atoms with Gasteiger partial charge in [-0.15, -0.1) is 0 Å². The van der Waals surface area contributed by atoms with E-state index in [1.54, 1.807) is 12.1 Å². The number of methoxy groups -OCH3 is 1. The molecule has 0 bridgehead atoms.